The van der Waals surface area contributed by atoms with E-state index in [4.69, 9.17) is 4.74 Å². The van der Waals surface area contributed by atoms with Gasteiger partial charge in [-0.05, 0) is 45.3 Å². The molecule has 0 saturated heterocycles. The molecule has 0 atom stereocenters. The van der Waals surface area contributed by atoms with Gasteiger partial charge in [0.2, 0.25) is 0 Å². The highest BCUT2D eigenvalue weighted by Gasteiger charge is 2.40. The molecule has 0 radical (unpaired) electrons. The zero-order chi connectivity index (χ0) is 23.1. The van der Waals surface area contributed by atoms with Gasteiger partial charge in [-0.15, -0.1) is 5.43 Å². The average molecular weight is 441 g/mol. The number of alkyl halides is 3. The fourth-order valence-electron chi connectivity index (χ4n) is 3.70. The fourth-order valence-corrected chi connectivity index (χ4v) is 3.70. The summed E-state index contributed by atoms with van der Waals surface area (Å²) in [4.78, 5) is 25.1. The molecular formula is C22H30F3N3O3. The summed E-state index contributed by atoms with van der Waals surface area (Å²) in [6.45, 7) is 5.29. The highest BCUT2D eigenvalue weighted by atomic mass is 19.4. The zero-order valence-electron chi connectivity index (χ0n) is 18.1. The van der Waals surface area contributed by atoms with Gasteiger partial charge in [-0.3, -0.25) is 10.2 Å². The van der Waals surface area contributed by atoms with Crippen LogP contribution in [0.3, 0.4) is 0 Å². The number of alkyl carbamates (subject to hydrolysis) is 1. The van der Waals surface area contributed by atoms with Crippen LogP contribution in [0.5, 0.6) is 0 Å². The minimum Gasteiger partial charge on any atom is -0.444 e. The first-order chi connectivity index (χ1) is 14.4. The lowest BCUT2D eigenvalue weighted by molar-refractivity contribution is -0.170. The maximum absolute atomic E-state index is 12.9. The Morgan fingerprint density at radius 1 is 1.06 bits per heavy atom. The van der Waals surface area contributed by atoms with Crippen LogP contribution in [0.25, 0.3) is 6.08 Å². The van der Waals surface area contributed by atoms with Crippen molar-refractivity contribution in [2.75, 3.05) is 6.54 Å². The summed E-state index contributed by atoms with van der Waals surface area (Å²) in [7, 11) is 0. The fraction of sp³-hybridized carbons (Fsp3) is 0.545. The first-order valence-electron chi connectivity index (χ1n) is 10.3. The zero-order valence-corrected chi connectivity index (χ0v) is 18.1. The van der Waals surface area contributed by atoms with E-state index in [1.54, 1.807) is 56.5 Å². The van der Waals surface area contributed by atoms with Gasteiger partial charge in [-0.2, -0.15) is 13.2 Å². The summed E-state index contributed by atoms with van der Waals surface area (Å²) in [5, 5.41) is 2.72. The van der Waals surface area contributed by atoms with Crippen molar-refractivity contribution >= 4 is 18.1 Å². The van der Waals surface area contributed by atoms with Crippen LogP contribution < -0.4 is 16.2 Å². The van der Waals surface area contributed by atoms with Gasteiger partial charge in [-0.1, -0.05) is 49.6 Å². The molecule has 0 heterocycles. The van der Waals surface area contributed by atoms with Crippen molar-refractivity contribution in [2.24, 2.45) is 5.41 Å². The lowest BCUT2D eigenvalue weighted by atomic mass is 9.68. The summed E-state index contributed by atoms with van der Waals surface area (Å²) in [5.41, 5.74) is 2.21. The second kappa shape index (κ2) is 10.2. The van der Waals surface area contributed by atoms with Gasteiger partial charge in [0.05, 0.1) is 0 Å². The Hall–Kier alpha value is -2.55. The second-order valence-electron chi connectivity index (χ2n) is 8.74. The molecule has 0 unspecified atom stereocenters. The SMILES string of the molecule is CC(C)(C)OC(=O)NCC1(C(=Cc2ccccc2)C(=O)NNC(F)(F)F)CCCCC1. The summed E-state index contributed by atoms with van der Waals surface area (Å²) in [6, 6.07) is 8.90. The Morgan fingerprint density at radius 2 is 1.68 bits per heavy atom. The number of carbonyl (C=O) groups is 2. The van der Waals surface area contributed by atoms with E-state index in [-0.39, 0.29) is 12.1 Å². The van der Waals surface area contributed by atoms with E-state index >= 15 is 0 Å². The molecule has 0 bridgehead atoms. The topological polar surface area (TPSA) is 79.5 Å². The number of rotatable bonds is 6. The Bertz CT molecular complexity index is 781. The van der Waals surface area contributed by atoms with Crippen molar-refractivity contribution in [1.82, 2.24) is 16.2 Å². The molecule has 0 aromatic heterocycles. The molecule has 1 aromatic rings. The van der Waals surface area contributed by atoms with E-state index < -0.39 is 29.3 Å². The summed E-state index contributed by atoms with van der Waals surface area (Å²) >= 11 is 0. The molecule has 3 N–H and O–H groups in total. The Labute approximate surface area is 180 Å². The third-order valence-electron chi connectivity index (χ3n) is 5.02. The molecule has 1 saturated carbocycles. The summed E-state index contributed by atoms with van der Waals surface area (Å²) in [6.07, 6.45) is -0.149. The first-order valence-corrected chi connectivity index (χ1v) is 10.3. The third-order valence-corrected chi connectivity index (χ3v) is 5.02. The van der Waals surface area contributed by atoms with Crippen molar-refractivity contribution < 1.29 is 27.5 Å². The van der Waals surface area contributed by atoms with Crippen LogP contribution in [0.2, 0.25) is 0 Å². The van der Waals surface area contributed by atoms with Crippen LogP contribution in [0.4, 0.5) is 18.0 Å². The van der Waals surface area contributed by atoms with Crippen molar-refractivity contribution in [3.05, 3.63) is 41.5 Å². The van der Waals surface area contributed by atoms with Crippen molar-refractivity contribution in [1.29, 1.82) is 0 Å². The Balaban J connectivity index is 2.35. The second-order valence-corrected chi connectivity index (χ2v) is 8.74. The van der Waals surface area contributed by atoms with Crippen LogP contribution in [-0.2, 0) is 9.53 Å². The Kier molecular flexibility index (Phi) is 8.11. The highest BCUT2D eigenvalue weighted by Crippen LogP contribution is 2.43. The van der Waals surface area contributed by atoms with Gasteiger partial charge in [0.25, 0.3) is 5.91 Å². The number of halogens is 3. The predicted octanol–water partition coefficient (Wildman–Crippen LogP) is 4.69. The molecule has 0 spiro atoms. The Morgan fingerprint density at radius 3 is 2.23 bits per heavy atom. The molecule has 6 nitrogen and oxygen atoms in total. The minimum atomic E-state index is -4.76. The monoisotopic (exact) mass is 441 g/mol. The lowest BCUT2D eigenvalue weighted by Gasteiger charge is -2.39. The molecule has 1 aliphatic rings. The van der Waals surface area contributed by atoms with Gasteiger partial charge >= 0.3 is 12.4 Å². The van der Waals surface area contributed by atoms with Crippen LogP contribution in [-0.4, -0.2) is 30.4 Å². The molecule has 9 heteroatoms. The molecule has 1 fully saturated rings. The molecular weight excluding hydrogens is 411 g/mol. The quantitative estimate of drug-likeness (QED) is 0.340. The third kappa shape index (κ3) is 8.24. The number of carbonyl (C=O) groups excluding carboxylic acids is 2. The number of hydrazine groups is 1. The van der Waals surface area contributed by atoms with E-state index in [0.717, 1.165) is 24.7 Å². The van der Waals surface area contributed by atoms with Gasteiger partial charge in [-0.25, -0.2) is 4.79 Å². The van der Waals surface area contributed by atoms with Gasteiger partial charge in [0.1, 0.15) is 5.60 Å². The van der Waals surface area contributed by atoms with Crippen LogP contribution in [0.15, 0.2) is 35.9 Å². The molecule has 2 amide bonds. The largest absolute Gasteiger partial charge is 0.474 e. The van der Waals surface area contributed by atoms with E-state index in [1.807, 2.05) is 6.07 Å². The van der Waals surface area contributed by atoms with Crippen molar-refractivity contribution in [3.63, 3.8) is 0 Å². The highest BCUT2D eigenvalue weighted by molar-refractivity contribution is 5.99. The van der Waals surface area contributed by atoms with Gasteiger partial charge in [0.15, 0.2) is 0 Å². The van der Waals surface area contributed by atoms with E-state index in [0.29, 0.717) is 18.4 Å². The van der Waals surface area contributed by atoms with Crippen LogP contribution in [0, 0.1) is 5.41 Å². The number of ether oxygens (including phenoxy) is 1. The minimum absolute atomic E-state index is 0.0834. The maximum Gasteiger partial charge on any atom is 0.474 e. The molecule has 1 aromatic carbocycles. The van der Waals surface area contributed by atoms with E-state index in [2.05, 4.69) is 5.32 Å². The van der Waals surface area contributed by atoms with Gasteiger partial charge < -0.3 is 10.1 Å². The van der Waals surface area contributed by atoms with Crippen molar-refractivity contribution in [2.45, 2.75) is 64.8 Å². The number of hydrogen-bond donors (Lipinski definition) is 3. The van der Waals surface area contributed by atoms with E-state index in [1.165, 1.54) is 0 Å². The number of nitrogens with one attached hydrogen (secondary N) is 3. The smallest absolute Gasteiger partial charge is 0.444 e. The number of amides is 2. The molecule has 1 aliphatic carbocycles. The normalized spacial score (nSPS) is 17.0. The number of benzene rings is 1. The molecule has 172 valence electrons. The molecule has 0 aliphatic heterocycles. The van der Waals surface area contributed by atoms with Gasteiger partial charge in [0, 0.05) is 17.5 Å². The molecule has 2 rings (SSSR count). The van der Waals surface area contributed by atoms with Crippen LogP contribution >= 0.6 is 0 Å². The predicted molar refractivity (Wildman–Crippen MR) is 112 cm³/mol. The summed E-state index contributed by atoms with van der Waals surface area (Å²) < 4.78 is 43.2. The number of hydrogen-bond acceptors (Lipinski definition) is 4. The van der Waals surface area contributed by atoms with Crippen LogP contribution in [0.1, 0.15) is 58.4 Å². The standard InChI is InChI=1S/C22H30F3N3O3/c1-20(2,3)31-19(30)26-15-21(12-8-5-9-13-21)17(14-16-10-6-4-7-11-16)18(29)27-28-22(23,24)25/h4,6-7,10-11,14,28H,5,8-9,12-13,15H2,1-3H3,(H,26,30)(H,27,29). The van der Waals surface area contributed by atoms with E-state index in [9.17, 15) is 22.8 Å². The lowest BCUT2D eigenvalue weighted by Crippen LogP contribution is -2.51. The average Bonchev–Trinajstić information content (AvgIpc) is 2.68. The maximum atomic E-state index is 12.9. The van der Waals surface area contributed by atoms with Crippen molar-refractivity contribution in [3.8, 4) is 0 Å². The molecule has 31 heavy (non-hydrogen) atoms. The first kappa shape index (κ1) is 24.7. The summed E-state index contributed by atoms with van der Waals surface area (Å²) in [5.74, 6) is -0.880.